The van der Waals surface area contributed by atoms with Gasteiger partial charge in [-0.25, -0.2) is 4.79 Å². The first-order chi connectivity index (χ1) is 17.0. The second kappa shape index (κ2) is 9.98. The maximum atomic E-state index is 13.9. The highest BCUT2D eigenvalue weighted by atomic mass is 35.5. The molecule has 35 heavy (non-hydrogen) atoms. The van der Waals surface area contributed by atoms with E-state index in [1.807, 2.05) is 60.7 Å². The SMILES string of the molecule is COc1cccc(Cn2c(=O)c3c(N4CCNCC4)cc(Cl)cc3n(Cc3ccccc3)c2=O)c1. The lowest BCUT2D eigenvalue weighted by Gasteiger charge is -2.31. The molecule has 8 heteroatoms. The van der Waals surface area contributed by atoms with Crippen LogP contribution >= 0.6 is 11.6 Å². The van der Waals surface area contributed by atoms with E-state index in [0.29, 0.717) is 28.2 Å². The first-order valence-corrected chi connectivity index (χ1v) is 12.0. The molecule has 0 atom stereocenters. The van der Waals surface area contributed by atoms with Crippen LogP contribution in [0.2, 0.25) is 5.02 Å². The van der Waals surface area contributed by atoms with Gasteiger partial charge in [0.1, 0.15) is 5.75 Å². The highest BCUT2D eigenvalue weighted by Gasteiger charge is 2.22. The molecule has 0 spiro atoms. The number of hydrogen-bond donors (Lipinski definition) is 1. The number of nitrogens with one attached hydrogen (secondary N) is 1. The lowest BCUT2D eigenvalue weighted by Crippen LogP contribution is -2.45. The monoisotopic (exact) mass is 490 g/mol. The van der Waals surface area contributed by atoms with E-state index >= 15 is 0 Å². The Morgan fingerprint density at radius 3 is 2.34 bits per heavy atom. The van der Waals surface area contributed by atoms with Crippen LogP contribution in [0, 0.1) is 0 Å². The quantitative estimate of drug-likeness (QED) is 0.449. The van der Waals surface area contributed by atoms with Gasteiger partial charge in [0.25, 0.3) is 5.56 Å². The van der Waals surface area contributed by atoms with Crippen molar-refractivity contribution in [3.8, 4) is 5.75 Å². The summed E-state index contributed by atoms with van der Waals surface area (Å²) in [6.45, 7) is 3.61. The van der Waals surface area contributed by atoms with Gasteiger partial charge >= 0.3 is 5.69 Å². The minimum Gasteiger partial charge on any atom is -0.497 e. The Hall–Kier alpha value is -3.55. The molecule has 2 heterocycles. The molecular formula is C27H27ClN4O3. The zero-order chi connectivity index (χ0) is 24.4. The Balaban J connectivity index is 1.76. The van der Waals surface area contributed by atoms with E-state index < -0.39 is 0 Å². The Kier molecular flexibility index (Phi) is 6.61. The summed E-state index contributed by atoms with van der Waals surface area (Å²) >= 11 is 6.55. The van der Waals surface area contributed by atoms with Crippen molar-refractivity contribution in [3.05, 3.63) is 104 Å². The Bertz CT molecular complexity index is 1470. The number of methoxy groups -OCH3 is 1. The van der Waals surface area contributed by atoms with Crippen molar-refractivity contribution >= 4 is 28.2 Å². The van der Waals surface area contributed by atoms with E-state index in [-0.39, 0.29) is 17.8 Å². The van der Waals surface area contributed by atoms with Gasteiger partial charge in [-0.1, -0.05) is 54.1 Å². The first kappa shape index (κ1) is 23.2. The maximum absolute atomic E-state index is 13.9. The van der Waals surface area contributed by atoms with Gasteiger partial charge < -0.3 is 15.0 Å². The summed E-state index contributed by atoms with van der Waals surface area (Å²) in [6, 6.07) is 20.7. The Morgan fingerprint density at radius 1 is 0.886 bits per heavy atom. The van der Waals surface area contributed by atoms with Crippen molar-refractivity contribution in [1.82, 2.24) is 14.5 Å². The molecule has 5 rings (SSSR count). The summed E-state index contributed by atoms with van der Waals surface area (Å²) in [5.74, 6) is 0.675. The van der Waals surface area contributed by atoms with Gasteiger partial charge in [-0.3, -0.25) is 13.9 Å². The molecule has 0 amide bonds. The van der Waals surface area contributed by atoms with E-state index in [0.717, 1.165) is 43.0 Å². The lowest BCUT2D eigenvalue weighted by molar-refractivity contribution is 0.414. The molecule has 0 unspecified atom stereocenters. The summed E-state index contributed by atoms with van der Waals surface area (Å²) < 4.78 is 8.32. The van der Waals surface area contributed by atoms with Crippen molar-refractivity contribution in [1.29, 1.82) is 0 Å². The zero-order valence-corrected chi connectivity index (χ0v) is 20.3. The normalized spacial score (nSPS) is 13.8. The largest absolute Gasteiger partial charge is 0.497 e. The zero-order valence-electron chi connectivity index (χ0n) is 19.5. The van der Waals surface area contributed by atoms with Crippen molar-refractivity contribution < 1.29 is 4.74 Å². The number of ether oxygens (including phenoxy) is 1. The minimum atomic E-state index is -0.372. The van der Waals surface area contributed by atoms with E-state index in [1.165, 1.54) is 4.57 Å². The average molecular weight is 491 g/mol. The molecule has 1 aliphatic rings. The predicted octanol–water partition coefficient (Wildman–Crippen LogP) is 3.33. The lowest BCUT2D eigenvalue weighted by atomic mass is 10.1. The van der Waals surface area contributed by atoms with E-state index in [4.69, 9.17) is 16.3 Å². The van der Waals surface area contributed by atoms with Gasteiger partial charge in [0.2, 0.25) is 0 Å². The van der Waals surface area contributed by atoms with E-state index in [2.05, 4.69) is 10.2 Å². The van der Waals surface area contributed by atoms with Gasteiger partial charge in [-0.05, 0) is 35.4 Å². The molecule has 0 aliphatic carbocycles. The fourth-order valence-corrected chi connectivity index (χ4v) is 4.85. The molecular weight excluding hydrogens is 464 g/mol. The number of aromatic nitrogens is 2. The number of rotatable bonds is 6. The number of halogens is 1. The van der Waals surface area contributed by atoms with Crippen LogP contribution in [0.4, 0.5) is 5.69 Å². The summed E-state index contributed by atoms with van der Waals surface area (Å²) in [4.78, 5) is 29.9. The predicted molar refractivity (Wildman–Crippen MR) is 140 cm³/mol. The highest BCUT2D eigenvalue weighted by molar-refractivity contribution is 6.31. The van der Waals surface area contributed by atoms with Crippen LogP contribution in [0.25, 0.3) is 10.9 Å². The molecule has 1 saturated heterocycles. The van der Waals surface area contributed by atoms with Crippen molar-refractivity contribution in [2.45, 2.75) is 13.1 Å². The molecule has 1 fully saturated rings. The number of anilines is 1. The number of fused-ring (bicyclic) bond motifs is 1. The third-order valence-electron chi connectivity index (χ3n) is 6.39. The third kappa shape index (κ3) is 4.70. The van der Waals surface area contributed by atoms with E-state index in [1.54, 1.807) is 17.7 Å². The van der Waals surface area contributed by atoms with Gasteiger partial charge in [0.15, 0.2) is 0 Å². The number of benzene rings is 3. The van der Waals surface area contributed by atoms with Gasteiger partial charge in [0.05, 0.1) is 36.8 Å². The molecule has 1 N–H and O–H groups in total. The van der Waals surface area contributed by atoms with Crippen LogP contribution < -0.4 is 26.2 Å². The Labute approximate surface area is 208 Å². The molecule has 0 saturated carbocycles. The fraction of sp³-hybridized carbons (Fsp3) is 0.259. The maximum Gasteiger partial charge on any atom is 0.332 e. The van der Waals surface area contributed by atoms with Crippen LogP contribution in [0.15, 0.2) is 76.3 Å². The van der Waals surface area contributed by atoms with E-state index in [9.17, 15) is 9.59 Å². The summed E-state index contributed by atoms with van der Waals surface area (Å²) in [7, 11) is 1.59. The summed E-state index contributed by atoms with van der Waals surface area (Å²) in [5.41, 5.74) is 2.40. The van der Waals surface area contributed by atoms with Crippen molar-refractivity contribution in [2.75, 3.05) is 38.2 Å². The Morgan fingerprint density at radius 2 is 1.60 bits per heavy atom. The van der Waals surface area contributed by atoms with Crippen LogP contribution in [-0.2, 0) is 13.1 Å². The molecule has 4 aromatic rings. The van der Waals surface area contributed by atoms with Gasteiger partial charge in [0, 0.05) is 31.2 Å². The number of piperazine rings is 1. The molecule has 1 aliphatic heterocycles. The minimum absolute atomic E-state index is 0.142. The molecule has 1 aromatic heterocycles. The number of hydrogen-bond acceptors (Lipinski definition) is 5. The van der Waals surface area contributed by atoms with Crippen LogP contribution in [0.1, 0.15) is 11.1 Å². The van der Waals surface area contributed by atoms with Crippen LogP contribution in [0.5, 0.6) is 5.75 Å². The summed E-state index contributed by atoms with van der Waals surface area (Å²) in [5, 5.41) is 4.35. The first-order valence-electron chi connectivity index (χ1n) is 11.6. The van der Waals surface area contributed by atoms with Crippen molar-refractivity contribution in [3.63, 3.8) is 0 Å². The third-order valence-corrected chi connectivity index (χ3v) is 6.61. The highest BCUT2D eigenvalue weighted by Crippen LogP contribution is 2.29. The van der Waals surface area contributed by atoms with Crippen LogP contribution in [0.3, 0.4) is 0 Å². The molecule has 3 aromatic carbocycles. The second-order valence-corrected chi connectivity index (χ2v) is 9.09. The number of nitrogens with zero attached hydrogens (tertiary/aromatic N) is 3. The molecule has 0 bridgehead atoms. The average Bonchev–Trinajstić information content (AvgIpc) is 2.89. The smallest absolute Gasteiger partial charge is 0.332 e. The van der Waals surface area contributed by atoms with Crippen LogP contribution in [-0.4, -0.2) is 42.4 Å². The molecule has 0 radical (unpaired) electrons. The standard InChI is InChI=1S/C27H27ClN4O3/c1-35-22-9-5-8-20(14-22)18-32-26(33)25-23(30-12-10-29-11-13-30)15-21(28)16-24(25)31(27(32)34)17-19-6-3-2-4-7-19/h2-9,14-16,29H,10-13,17-18H2,1H3. The summed E-state index contributed by atoms with van der Waals surface area (Å²) in [6.07, 6.45) is 0. The molecule has 180 valence electrons. The van der Waals surface area contributed by atoms with Gasteiger partial charge in [-0.2, -0.15) is 0 Å². The van der Waals surface area contributed by atoms with Gasteiger partial charge in [-0.15, -0.1) is 0 Å². The van der Waals surface area contributed by atoms with Crippen molar-refractivity contribution in [2.24, 2.45) is 0 Å². The fourth-order valence-electron chi connectivity index (χ4n) is 4.65. The topological polar surface area (TPSA) is 68.5 Å². The molecule has 7 nitrogen and oxygen atoms in total. The second-order valence-electron chi connectivity index (χ2n) is 8.65.